The first kappa shape index (κ1) is 33.0. The minimum absolute atomic E-state index is 0.143. The maximum atomic E-state index is 4.36. The van der Waals surface area contributed by atoms with Crippen molar-refractivity contribution in [1.29, 1.82) is 0 Å². The first-order valence-electron chi connectivity index (χ1n) is 17.8. The van der Waals surface area contributed by atoms with Crippen molar-refractivity contribution in [3.8, 4) is 11.4 Å². The van der Waals surface area contributed by atoms with Crippen LogP contribution in [0.15, 0.2) is 146 Å². The molecule has 0 bridgehead atoms. The number of anilines is 1. The molecule has 0 aliphatic rings. The Hall–Kier alpha value is -5.54. The standard InChI is InChI=1S/C47H47N3/c1-10-14-34(8)48(33(7)11-2)37-21-25-45-41(29-37)42-30-38(22-26-46(42)49(45)36-19-15-31(5)16-20-36)50-43-23-17-32(6)27-39(43)40-28-35(18-24-44(40)50)47(9,12-3)13-4/h10-11,14-30H,2,7-8,12-13H2,1,3-6,9H3/b14-10-. The van der Waals surface area contributed by atoms with Crippen LogP contribution in [0, 0.1) is 13.8 Å². The van der Waals surface area contributed by atoms with E-state index in [2.05, 4.69) is 165 Å². The van der Waals surface area contributed by atoms with Crippen LogP contribution in [0.2, 0.25) is 0 Å². The van der Waals surface area contributed by atoms with Gasteiger partial charge < -0.3 is 14.0 Å². The lowest BCUT2D eigenvalue weighted by Gasteiger charge is -2.27. The van der Waals surface area contributed by atoms with Crippen molar-refractivity contribution in [3.63, 3.8) is 0 Å². The first-order valence-corrected chi connectivity index (χ1v) is 17.8. The lowest BCUT2D eigenvalue weighted by Crippen LogP contribution is -2.19. The highest BCUT2D eigenvalue weighted by Crippen LogP contribution is 2.41. The largest absolute Gasteiger partial charge is 0.312 e. The molecular formula is C47H47N3. The number of hydrogen-bond donors (Lipinski definition) is 0. The number of fused-ring (bicyclic) bond motifs is 6. The van der Waals surface area contributed by atoms with Crippen molar-refractivity contribution in [2.24, 2.45) is 0 Å². The maximum Gasteiger partial charge on any atom is 0.0542 e. The average molecular weight is 654 g/mol. The summed E-state index contributed by atoms with van der Waals surface area (Å²) in [6, 6.07) is 36.4. The van der Waals surface area contributed by atoms with E-state index in [0.29, 0.717) is 0 Å². The van der Waals surface area contributed by atoms with Crippen molar-refractivity contribution < 1.29 is 0 Å². The quantitative estimate of drug-likeness (QED) is 0.134. The fourth-order valence-electron chi connectivity index (χ4n) is 7.57. The zero-order chi connectivity index (χ0) is 35.3. The van der Waals surface area contributed by atoms with Gasteiger partial charge in [0.1, 0.15) is 0 Å². The zero-order valence-electron chi connectivity index (χ0n) is 30.3. The number of aromatic nitrogens is 2. The molecular weight excluding hydrogens is 607 g/mol. The van der Waals surface area contributed by atoms with Crippen LogP contribution < -0.4 is 4.90 Å². The number of rotatable bonds is 10. The van der Waals surface area contributed by atoms with Gasteiger partial charge in [0.2, 0.25) is 0 Å². The Labute approximate surface area is 296 Å². The molecule has 5 aromatic carbocycles. The third kappa shape index (κ3) is 5.29. The van der Waals surface area contributed by atoms with E-state index < -0.39 is 0 Å². The minimum Gasteiger partial charge on any atom is -0.312 e. The normalized spacial score (nSPS) is 12.1. The zero-order valence-corrected chi connectivity index (χ0v) is 30.3. The van der Waals surface area contributed by atoms with Gasteiger partial charge in [-0.2, -0.15) is 0 Å². The summed E-state index contributed by atoms with van der Waals surface area (Å²) in [5, 5.41) is 4.95. The Morgan fingerprint density at radius 2 is 1.16 bits per heavy atom. The van der Waals surface area contributed by atoms with Gasteiger partial charge in [-0.1, -0.05) is 82.0 Å². The molecule has 0 aliphatic carbocycles. The van der Waals surface area contributed by atoms with Gasteiger partial charge in [-0.3, -0.25) is 0 Å². The van der Waals surface area contributed by atoms with Crippen LogP contribution in [0.25, 0.3) is 55.0 Å². The number of benzene rings is 5. The van der Waals surface area contributed by atoms with E-state index in [1.54, 1.807) is 6.08 Å². The van der Waals surface area contributed by atoms with Crippen LogP contribution in [-0.4, -0.2) is 9.13 Å². The van der Waals surface area contributed by atoms with Gasteiger partial charge in [0.15, 0.2) is 0 Å². The highest BCUT2D eigenvalue weighted by atomic mass is 15.1. The third-order valence-corrected chi connectivity index (χ3v) is 10.9. The molecule has 7 rings (SSSR count). The lowest BCUT2D eigenvalue weighted by atomic mass is 9.77. The molecule has 0 N–H and O–H groups in total. The van der Waals surface area contributed by atoms with Crippen molar-refractivity contribution in [2.75, 3.05) is 4.90 Å². The van der Waals surface area contributed by atoms with Crippen LogP contribution in [0.1, 0.15) is 57.2 Å². The molecule has 2 aromatic heterocycles. The molecule has 0 spiro atoms. The van der Waals surface area contributed by atoms with E-state index in [4.69, 9.17) is 0 Å². The average Bonchev–Trinajstić information content (AvgIpc) is 3.63. The fourth-order valence-corrected chi connectivity index (χ4v) is 7.57. The molecule has 0 saturated carbocycles. The van der Waals surface area contributed by atoms with Gasteiger partial charge in [-0.25, -0.2) is 0 Å². The van der Waals surface area contributed by atoms with Gasteiger partial charge in [0.25, 0.3) is 0 Å². The van der Waals surface area contributed by atoms with E-state index in [0.717, 1.165) is 57.7 Å². The SMILES string of the molecule is C=CC(=C)N(C(=C)/C=C\C)c1ccc2c(c1)c1cc(-n3c4ccc(C)cc4c4cc(C(C)(CC)CC)ccc43)ccc1n2-c1ccc(C)cc1. The number of nitrogens with zero attached hydrogens (tertiary/aromatic N) is 3. The second kappa shape index (κ2) is 12.7. The molecule has 0 radical (unpaired) electrons. The van der Waals surface area contributed by atoms with E-state index >= 15 is 0 Å². The molecule has 250 valence electrons. The summed E-state index contributed by atoms with van der Waals surface area (Å²) in [5.41, 5.74) is 13.7. The summed E-state index contributed by atoms with van der Waals surface area (Å²) in [6.07, 6.45) is 8.00. The Morgan fingerprint density at radius 3 is 1.80 bits per heavy atom. The van der Waals surface area contributed by atoms with Crippen molar-refractivity contribution in [1.82, 2.24) is 9.13 Å². The number of hydrogen-bond acceptors (Lipinski definition) is 1. The maximum absolute atomic E-state index is 4.36. The molecule has 3 heteroatoms. The van der Waals surface area contributed by atoms with Crippen LogP contribution in [-0.2, 0) is 5.41 Å². The van der Waals surface area contributed by atoms with Crippen molar-refractivity contribution in [3.05, 3.63) is 163 Å². The highest BCUT2D eigenvalue weighted by molar-refractivity contribution is 6.13. The second-order valence-corrected chi connectivity index (χ2v) is 14.0. The fraction of sp³-hybridized carbons (Fsp3) is 0.191. The predicted molar refractivity (Wildman–Crippen MR) is 218 cm³/mol. The second-order valence-electron chi connectivity index (χ2n) is 14.0. The van der Waals surface area contributed by atoms with E-state index in [9.17, 15) is 0 Å². The summed E-state index contributed by atoms with van der Waals surface area (Å²) >= 11 is 0. The Bertz CT molecular complexity index is 2490. The molecule has 2 heterocycles. The summed E-state index contributed by atoms with van der Waals surface area (Å²) in [5.74, 6) is 0. The summed E-state index contributed by atoms with van der Waals surface area (Å²) < 4.78 is 4.82. The van der Waals surface area contributed by atoms with Crippen LogP contribution in [0.3, 0.4) is 0 Å². The molecule has 0 atom stereocenters. The monoisotopic (exact) mass is 653 g/mol. The Kier molecular flexibility index (Phi) is 8.40. The summed E-state index contributed by atoms with van der Waals surface area (Å²) in [7, 11) is 0. The molecule has 50 heavy (non-hydrogen) atoms. The topological polar surface area (TPSA) is 13.1 Å². The van der Waals surface area contributed by atoms with Gasteiger partial charge in [0, 0.05) is 50.0 Å². The molecule has 3 nitrogen and oxygen atoms in total. The summed E-state index contributed by atoms with van der Waals surface area (Å²) in [4.78, 5) is 2.07. The van der Waals surface area contributed by atoms with E-state index in [1.807, 2.05) is 19.1 Å². The highest BCUT2D eigenvalue weighted by Gasteiger charge is 2.24. The first-order chi connectivity index (χ1) is 24.1. The van der Waals surface area contributed by atoms with Gasteiger partial charge in [-0.05, 0) is 130 Å². The summed E-state index contributed by atoms with van der Waals surface area (Å²) in [6.45, 7) is 26.0. The van der Waals surface area contributed by atoms with Crippen LogP contribution in [0.5, 0.6) is 0 Å². The predicted octanol–water partition coefficient (Wildman–Crippen LogP) is 13.2. The molecule has 0 aliphatic heterocycles. The number of allylic oxidation sites excluding steroid dienone is 3. The van der Waals surface area contributed by atoms with Crippen LogP contribution in [0.4, 0.5) is 5.69 Å². The minimum atomic E-state index is 0.143. The Balaban J connectivity index is 1.53. The van der Waals surface area contributed by atoms with Gasteiger partial charge >= 0.3 is 0 Å². The number of aryl methyl sites for hydroxylation is 2. The molecule has 0 amide bonds. The van der Waals surface area contributed by atoms with Crippen molar-refractivity contribution >= 4 is 49.3 Å². The smallest absolute Gasteiger partial charge is 0.0542 e. The molecule has 7 aromatic rings. The molecule has 0 saturated heterocycles. The molecule has 0 unspecified atom stereocenters. The van der Waals surface area contributed by atoms with E-state index in [-0.39, 0.29) is 5.41 Å². The van der Waals surface area contributed by atoms with Crippen molar-refractivity contribution in [2.45, 2.75) is 59.8 Å². The molecule has 0 fully saturated rings. The third-order valence-electron chi connectivity index (χ3n) is 10.9. The van der Waals surface area contributed by atoms with Crippen LogP contribution >= 0.6 is 0 Å². The Morgan fingerprint density at radius 1 is 0.640 bits per heavy atom. The van der Waals surface area contributed by atoms with E-state index in [1.165, 1.54) is 43.9 Å². The van der Waals surface area contributed by atoms with Gasteiger partial charge in [-0.15, -0.1) is 0 Å². The lowest BCUT2D eigenvalue weighted by molar-refractivity contribution is 0.439. The van der Waals surface area contributed by atoms with Gasteiger partial charge in [0.05, 0.1) is 22.1 Å².